The fourth-order valence-corrected chi connectivity index (χ4v) is 4.76. The highest BCUT2D eigenvalue weighted by Gasteiger charge is 2.30. The monoisotopic (exact) mass is 454 g/mol. The first-order chi connectivity index (χ1) is 15.3. The lowest BCUT2D eigenvalue weighted by Crippen LogP contribution is -2.37. The lowest BCUT2D eigenvalue weighted by molar-refractivity contribution is -0.116. The molecule has 3 aromatic carbocycles. The number of carbonyl (C=O) groups excluding carboxylic acids is 1. The highest BCUT2D eigenvalue weighted by atomic mass is 32.2. The molecule has 0 fully saturated rings. The number of methoxy groups -OCH3 is 2. The molecule has 0 radical (unpaired) electrons. The van der Waals surface area contributed by atoms with E-state index < -0.39 is 15.9 Å². The van der Waals surface area contributed by atoms with E-state index in [2.05, 4.69) is 5.32 Å². The van der Waals surface area contributed by atoms with Gasteiger partial charge in [0, 0.05) is 18.3 Å². The SMILES string of the molecule is COc1ccc(OC)c(S(=O)(=O)N(CC(=O)Nc2ccccc2C)Cc2ccccc2)c1. The van der Waals surface area contributed by atoms with E-state index in [1.165, 1.54) is 26.4 Å². The molecule has 0 aromatic heterocycles. The lowest BCUT2D eigenvalue weighted by Gasteiger charge is -2.23. The molecular formula is C24H26N2O5S. The minimum absolute atomic E-state index is 0.0186. The molecule has 0 aliphatic rings. The third kappa shape index (κ3) is 5.46. The summed E-state index contributed by atoms with van der Waals surface area (Å²) in [6.07, 6.45) is 0. The second kappa shape index (κ2) is 10.3. The van der Waals surface area contributed by atoms with Crippen LogP contribution in [0.25, 0.3) is 0 Å². The van der Waals surface area contributed by atoms with Crippen molar-refractivity contribution < 1.29 is 22.7 Å². The van der Waals surface area contributed by atoms with Crippen LogP contribution in [-0.2, 0) is 21.4 Å². The predicted molar refractivity (Wildman–Crippen MR) is 123 cm³/mol. The van der Waals surface area contributed by atoms with Crippen molar-refractivity contribution in [2.24, 2.45) is 0 Å². The van der Waals surface area contributed by atoms with Crippen LogP contribution in [0.5, 0.6) is 11.5 Å². The first-order valence-corrected chi connectivity index (χ1v) is 11.4. The van der Waals surface area contributed by atoms with Gasteiger partial charge in [-0.15, -0.1) is 0 Å². The number of ether oxygens (including phenoxy) is 2. The molecule has 0 bridgehead atoms. The van der Waals surface area contributed by atoms with Gasteiger partial charge in [-0.25, -0.2) is 8.42 Å². The van der Waals surface area contributed by atoms with E-state index in [1.54, 1.807) is 12.1 Å². The molecule has 0 saturated heterocycles. The highest BCUT2D eigenvalue weighted by molar-refractivity contribution is 7.89. The molecule has 0 unspecified atom stereocenters. The molecule has 0 heterocycles. The number of hydrogen-bond acceptors (Lipinski definition) is 5. The zero-order valence-electron chi connectivity index (χ0n) is 18.2. The topological polar surface area (TPSA) is 84.9 Å². The largest absolute Gasteiger partial charge is 0.497 e. The molecule has 3 rings (SSSR count). The zero-order valence-corrected chi connectivity index (χ0v) is 19.1. The van der Waals surface area contributed by atoms with Crippen molar-refractivity contribution in [1.82, 2.24) is 4.31 Å². The summed E-state index contributed by atoms with van der Waals surface area (Å²) >= 11 is 0. The normalized spacial score (nSPS) is 11.2. The van der Waals surface area contributed by atoms with Gasteiger partial charge in [0.25, 0.3) is 0 Å². The van der Waals surface area contributed by atoms with Gasteiger partial charge in [0.05, 0.1) is 20.8 Å². The minimum Gasteiger partial charge on any atom is -0.497 e. The van der Waals surface area contributed by atoms with Crippen LogP contribution in [0.1, 0.15) is 11.1 Å². The second-order valence-electron chi connectivity index (χ2n) is 7.14. The number of aryl methyl sites for hydroxylation is 1. The van der Waals surface area contributed by atoms with Crippen molar-refractivity contribution >= 4 is 21.6 Å². The van der Waals surface area contributed by atoms with Crippen LogP contribution in [0.15, 0.2) is 77.7 Å². The number of carbonyl (C=O) groups is 1. The Balaban J connectivity index is 1.97. The van der Waals surface area contributed by atoms with Crippen molar-refractivity contribution in [1.29, 1.82) is 0 Å². The second-order valence-corrected chi connectivity index (χ2v) is 9.04. The van der Waals surface area contributed by atoms with Crippen molar-refractivity contribution in [3.05, 3.63) is 83.9 Å². The number of sulfonamides is 1. The molecule has 0 aliphatic heterocycles. The van der Waals surface area contributed by atoms with Crippen molar-refractivity contribution in [2.45, 2.75) is 18.4 Å². The van der Waals surface area contributed by atoms with Crippen molar-refractivity contribution in [2.75, 3.05) is 26.1 Å². The van der Waals surface area contributed by atoms with E-state index in [4.69, 9.17) is 9.47 Å². The van der Waals surface area contributed by atoms with E-state index in [-0.39, 0.29) is 23.7 Å². The van der Waals surface area contributed by atoms with E-state index >= 15 is 0 Å². The third-order valence-corrected chi connectivity index (χ3v) is 6.74. The molecule has 168 valence electrons. The summed E-state index contributed by atoms with van der Waals surface area (Å²) in [6.45, 7) is 1.52. The van der Waals surface area contributed by atoms with Crippen LogP contribution in [-0.4, -0.2) is 39.4 Å². The molecule has 1 N–H and O–H groups in total. The van der Waals surface area contributed by atoms with Gasteiger partial charge < -0.3 is 14.8 Å². The number of benzene rings is 3. The summed E-state index contributed by atoms with van der Waals surface area (Å²) in [5.41, 5.74) is 2.27. The van der Waals surface area contributed by atoms with Gasteiger partial charge in [-0.1, -0.05) is 48.5 Å². The molecule has 1 amide bonds. The van der Waals surface area contributed by atoms with E-state index in [0.717, 1.165) is 15.4 Å². The van der Waals surface area contributed by atoms with Gasteiger partial charge >= 0.3 is 0 Å². The third-order valence-electron chi connectivity index (χ3n) is 4.93. The Kier molecular flexibility index (Phi) is 7.50. The summed E-state index contributed by atoms with van der Waals surface area (Å²) in [4.78, 5) is 12.8. The maximum absolute atomic E-state index is 13.6. The fourth-order valence-electron chi connectivity index (χ4n) is 3.20. The van der Waals surface area contributed by atoms with Crippen molar-refractivity contribution in [3.63, 3.8) is 0 Å². The molecule has 3 aromatic rings. The zero-order chi connectivity index (χ0) is 23.1. The number of rotatable bonds is 9. The summed E-state index contributed by atoms with van der Waals surface area (Å²) in [5, 5.41) is 2.80. The average molecular weight is 455 g/mol. The van der Waals surface area contributed by atoms with Gasteiger partial charge in [-0.05, 0) is 36.2 Å². The first-order valence-electron chi connectivity index (χ1n) is 9.96. The number of nitrogens with one attached hydrogen (secondary N) is 1. The predicted octanol–water partition coefficient (Wildman–Crippen LogP) is 3.84. The highest BCUT2D eigenvalue weighted by Crippen LogP contribution is 2.31. The van der Waals surface area contributed by atoms with E-state index in [1.807, 2.05) is 55.5 Å². The first kappa shape index (κ1) is 23.3. The Bertz CT molecular complexity index is 1180. The molecule has 0 atom stereocenters. The Hall–Kier alpha value is -3.36. The Morgan fingerprint density at radius 2 is 1.62 bits per heavy atom. The molecular weight excluding hydrogens is 428 g/mol. The van der Waals surface area contributed by atoms with Crippen LogP contribution in [0, 0.1) is 6.92 Å². The molecule has 8 heteroatoms. The van der Waals surface area contributed by atoms with Crippen LogP contribution in [0.2, 0.25) is 0 Å². The van der Waals surface area contributed by atoms with Crippen LogP contribution in [0.3, 0.4) is 0 Å². The van der Waals surface area contributed by atoms with E-state index in [0.29, 0.717) is 11.4 Å². The molecule has 7 nitrogen and oxygen atoms in total. The van der Waals surface area contributed by atoms with Gasteiger partial charge in [-0.2, -0.15) is 4.31 Å². The number of nitrogens with zero attached hydrogens (tertiary/aromatic N) is 1. The summed E-state index contributed by atoms with van der Waals surface area (Å²) in [6, 6.07) is 21.0. The maximum Gasteiger partial charge on any atom is 0.247 e. The Morgan fingerprint density at radius 3 is 2.28 bits per heavy atom. The Morgan fingerprint density at radius 1 is 0.938 bits per heavy atom. The standard InChI is InChI=1S/C24H26N2O5S/c1-18-9-7-8-12-21(18)25-24(27)17-26(16-19-10-5-4-6-11-19)32(28,29)23-15-20(30-2)13-14-22(23)31-3/h4-15H,16-17H2,1-3H3,(H,25,27). The lowest BCUT2D eigenvalue weighted by atomic mass is 10.2. The summed E-state index contributed by atoms with van der Waals surface area (Å²) in [7, 11) is -1.25. The van der Waals surface area contributed by atoms with Crippen LogP contribution < -0.4 is 14.8 Å². The fraction of sp³-hybridized carbons (Fsp3) is 0.208. The summed E-state index contributed by atoms with van der Waals surface area (Å²) in [5.74, 6) is 0.0947. The van der Waals surface area contributed by atoms with Gasteiger partial charge in [0.1, 0.15) is 16.4 Å². The van der Waals surface area contributed by atoms with Crippen LogP contribution in [0.4, 0.5) is 5.69 Å². The van der Waals surface area contributed by atoms with Crippen LogP contribution >= 0.6 is 0 Å². The number of amides is 1. The molecule has 32 heavy (non-hydrogen) atoms. The van der Waals surface area contributed by atoms with Gasteiger partial charge in [0.15, 0.2) is 0 Å². The van der Waals surface area contributed by atoms with E-state index in [9.17, 15) is 13.2 Å². The molecule has 0 aliphatic carbocycles. The van der Waals surface area contributed by atoms with Crippen molar-refractivity contribution in [3.8, 4) is 11.5 Å². The number of para-hydroxylation sites is 1. The number of anilines is 1. The van der Waals surface area contributed by atoms with Gasteiger partial charge in [-0.3, -0.25) is 4.79 Å². The smallest absolute Gasteiger partial charge is 0.247 e. The Labute approximate surface area is 188 Å². The maximum atomic E-state index is 13.6. The summed E-state index contributed by atoms with van der Waals surface area (Å²) < 4.78 is 38.9. The quantitative estimate of drug-likeness (QED) is 0.531. The minimum atomic E-state index is -4.10. The molecule has 0 spiro atoms. The molecule has 0 saturated carbocycles. The average Bonchev–Trinajstić information content (AvgIpc) is 2.80. The van der Waals surface area contributed by atoms with Gasteiger partial charge in [0.2, 0.25) is 15.9 Å². The number of hydrogen-bond donors (Lipinski definition) is 1.